The molecule has 0 spiro atoms. The number of hydrogen-bond acceptors (Lipinski definition) is 8. The summed E-state index contributed by atoms with van der Waals surface area (Å²) in [5, 5.41) is 5.22. The van der Waals surface area contributed by atoms with E-state index in [1.807, 2.05) is 69.3 Å². The van der Waals surface area contributed by atoms with Crippen molar-refractivity contribution in [2.75, 3.05) is 13.2 Å². The number of ether oxygens (including phenoxy) is 4. The second-order valence-corrected chi connectivity index (χ2v) is 16.3. The van der Waals surface area contributed by atoms with E-state index in [1.54, 1.807) is 45.0 Å². The molecule has 0 atom stereocenters. The lowest BCUT2D eigenvalue weighted by molar-refractivity contribution is -0.154. The summed E-state index contributed by atoms with van der Waals surface area (Å²) < 4.78 is 92.9. The van der Waals surface area contributed by atoms with Crippen molar-refractivity contribution in [2.24, 2.45) is 11.5 Å². The third-order valence-electron chi connectivity index (χ3n) is 6.52. The zero-order valence-corrected chi connectivity index (χ0v) is 38.5. The van der Waals surface area contributed by atoms with Crippen LogP contribution in [0.4, 0.5) is 35.9 Å². The number of alkyl carbamates (subject to hydrolysis) is 2. The fourth-order valence-electron chi connectivity index (χ4n) is 4.13. The Kier molecular flexibility index (Phi) is 25.7. The molecule has 0 saturated carbocycles. The number of amides is 2. The van der Waals surface area contributed by atoms with Crippen molar-refractivity contribution in [3.63, 3.8) is 0 Å². The first-order valence-electron chi connectivity index (χ1n) is 18.2. The monoisotopic (exact) mass is 1020 g/mol. The van der Waals surface area contributed by atoms with Gasteiger partial charge in [-0.25, -0.2) is 9.59 Å². The molecule has 0 heterocycles. The van der Waals surface area contributed by atoms with E-state index in [1.165, 1.54) is 24.3 Å². The number of hydrogen-bond donors (Lipinski definition) is 4. The second kappa shape index (κ2) is 27.7. The molecule has 4 aromatic carbocycles. The Bertz CT molecular complexity index is 1890. The van der Waals surface area contributed by atoms with Crippen LogP contribution in [0.1, 0.15) is 63.8 Å². The zero-order chi connectivity index (χ0) is 45.6. The first kappa shape index (κ1) is 56.8. The van der Waals surface area contributed by atoms with Crippen LogP contribution in [0.2, 0.25) is 0 Å². The molecule has 0 unspecified atom stereocenters. The molecule has 0 saturated heterocycles. The predicted molar refractivity (Wildman–Crippen MR) is 233 cm³/mol. The van der Waals surface area contributed by atoms with Gasteiger partial charge in [-0.15, -0.1) is 12.4 Å². The summed E-state index contributed by atoms with van der Waals surface area (Å²) in [6.45, 7) is 9.59. The smallest absolute Gasteiger partial charge is 0.422 e. The van der Waals surface area contributed by atoms with Gasteiger partial charge < -0.3 is 41.0 Å². The summed E-state index contributed by atoms with van der Waals surface area (Å²) in [4.78, 5) is 22.8. The Morgan fingerprint density at radius 3 is 1.18 bits per heavy atom. The molecular formula is C42H53Br2ClF6N4O6. The number of rotatable bonds is 10. The maximum atomic E-state index is 12.1. The highest BCUT2D eigenvalue weighted by Crippen LogP contribution is 2.21. The normalized spacial score (nSPS) is 11.0. The molecule has 0 aromatic heterocycles. The molecule has 0 aliphatic rings. The summed E-state index contributed by atoms with van der Waals surface area (Å²) in [5.41, 5.74) is 13.2. The quantitative estimate of drug-likeness (QED) is 0.115. The van der Waals surface area contributed by atoms with Crippen LogP contribution in [0.5, 0.6) is 11.5 Å². The highest BCUT2D eigenvalue weighted by atomic mass is 79.9. The predicted octanol–water partition coefficient (Wildman–Crippen LogP) is 11.5. The van der Waals surface area contributed by atoms with Gasteiger partial charge in [-0.3, -0.25) is 0 Å². The number of nitrogens with one attached hydrogen (secondary N) is 2. The number of benzene rings is 4. The van der Waals surface area contributed by atoms with Gasteiger partial charge in [-0.05, 0) is 112 Å². The summed E-state index contributed by atoms with van der Waals surface area (Å²) >= 11 is 6.72. The van der Waals surface area contributed by atoms with Crippen LogP contribution in [0.3, 0.4) is 0 Å². The van der Waals surface area contributed by atoms with Crippen molar-refractivity contribution < 1.29 is 54.9 Å². The lowest BCUT2D eigenvalue weighted by atomic mass is 10.2. The van der Waals surface area contributed by atoms with E-state index < -0.39 is 49.0 Å². The average molecular weight is 1020 g/mol. The molecule has 0 aliphatic carbocycles. The van der Waals surface area contributed by atoms with Crippen LogP contribution in [0.15, 0.2) is 106 Å². The highest BCUT2D eigenvalue weighted by molar-refractivity contribution is 9.10. The molecule has 4 aromatic rings. The van der Waals surface area contributed by atoms with Crippen molar-refractivity contribution >= 4 is 56.5 Å². The Balaban J connectivity index is 0.000000811. The maximum Gasteiger partial charge on any atom is 0.422 e. The van der Waals surface area contributed by atoms with Gasteiger partial charge in [-0.2, -0.15) is 26.3 Å². The van der Waals surface area contributed by atoms with E-state index in [0.29, 0.717) is 18.7 Å². The molecule has 61 heavy (non-hydrogen) atoms. The van der Waals surface area contributed by atoms with Gasteiger partial charge in [-0.1, -0.05) is 80.4 Å². The molecule has 0 aliphatic heterocycles. The minimum atomic E-state index is -4.38. The fourth-order valence-corrected chi connectivity index (χ4v) is 5.02. The fraction of sp³-hybridized carbons (Fsp3) is 0.381. The molecule has 19 heteroatoms. The van der Waals surface area contributed by atoms with Gasteiger partial charge in [0.05, 0.1) is 0 Å². The molecule has 340 valence electrons. The maximum absolute atomic E-state index is 12.1. The van der Waals surface area contributed by atoms with Crippen molar-refractivity contribution in [3.05, 3.63) is 128 Å². The minimum Gasteiger partial charge on any atom is -0.484 e. The van der Waals surface area contributed by atoms with Gasteiger partial charge in [0, 0.05) is 35.1 Å². The minimum absolute atomic E-state index is 0. The van der Waals surface area contributed by atoms with Crippen LogP contribution in [0, 0.1) is 0 Å². The third kappa shape index (κ3) is 31.3. The second-order valence-electron chi connectivity index (χ2n) is 14.5. The number of nitrogens with two attached hydrogens (primary N) is 2. The van der Waals surface area contributed by atoms with E-state index in [2.05, 4.69) is 52.0 Å². The van der Waals surface area contributed by atoms with Crippen molar-refractivity contribution in [2.45, 2.75) is 91.3 Å². The lowest BCUT2D eigenvalue weighted by Gasteiger charge is -2.19. The molecule has 4 rings (SSSR count). The summed E-state index contributed by atoms with van der Waals surface area (Å²) in [5.74, 6) is 0.279. The molecule has 0 fully saturated rings. The summed E-state index contributed by atoms with van der Waals surface area (Å²) in [7, 11) is 0. The first-order valence-corrected chi connectivity index (χ1v) is 19.7. The molecule has 0 bridgehead atoms. The highest BCUT2D eigenvalue weighted by Gasteiger charge is 2.29. The topological polar surface area (TPSA) is 147 Å². The molecule has 2 amide bonds. The first-order chi connectivity index (χ1) is 27.8. The lowest BCUT2D eigenvalue weighted by Crippen LogP contribution is -2.32. The SMILES string of the molecule is CC(C)(C)OC(=O)NCc1cccc(Br)c1.CC(C)(C)OC(=O)NCc1cccc(OCC(F)(F)F)c1.Cl.NCc1cccc(Br)c1.NCc1cccc(OCC(F)(F)F)c1. The molecule has 6 N–H and O–H groups in total. The van der Waals surface area contributed by atoms with Crippen molar-refractivity contribution in [1.82, 2.24) is 10.6 Å². The van der Waals surface area contributed by atoms with Crippen molar-refractivity contribution in [3.8, 4) is 11.5 Å². The van der Waals surface area contributed by atoms with Gasteiger partial charge in [0.25, 0.3) is 0 Å². The van der Waals surface area contributed by atoms with E-state index in [0.717, 1.165) is 25.6 Å². The van der Waals surface area contributed by atoms with Crippen molar-refractivity contribution in [1.29, 1.82) is 0 Å². The van der Waals surface area contributed by atoms with Crippen LogP contribution in [-0.4, -0.2) is 49.0 Å². The Morgan fingerprint density at radius 2 is 0.852 bits per heavy atom. The van der Waals surface area contributed by atoms with E-state index in [-0.39, 0.29) is 37.0 Å². The molecule has 10 nitrogen and oxygen atoms in total. The van der Waals surface area contributed by atoms with E-state index in [4.69, 9.17) is 20.9 Å². The summed E-state index contributed by atoms with van der Waals surface area (Å²) in [6.07, 6.45) is -9.68. The third-order valence-corrected chi connectivity index (χ3v) is 7.51. The zero-order valence-electron chi connectivity index (χ0n) is 34.5. The Morgan fingerprint density at radius 1 is 0.541 bits per heavy atom. The van der Waals surface area contributed by atoms with Crippen LogP contribution < -0.4 is 31.6 Å². The van der Waals surface area contributed by atoms with Gasteiger partial charge in [0.1, 0.15) is 22.7 Å². The van der Waals surface area contributed by atoms with Gasteiger partial charge >= 0.3 is 24.5 Å². The summed E-state index contributed by atoms with van der Waals surface area (Å²) in [6, 6.07) is 28.1. The number of carbonyl (C=O) groups is 2. The van der Waals surface area contributed by atoms with Gasteiger partial charge in [0.2, 0.25) is 0 Å². The van der Waals surface area contributed by atoms with Crippen LogP contribution in [0.25, 0.3) is 0 Å². The number of halogens is 9. The molecular weight excluding hydrogens is 966 g/mol. The van der Waals surface area contributed by atoms with Gasteiger partial charge in [0.15, 0.2) is 13.2 Å². The number of alkyl halides is 6. The van der Waals surface area contributed by atoms with Crippen LogP contribution in [-0.2, 0) is 35.7 Å². The Labute approximate surface area is 376 Å². The Hall–Kier alpha value is -4.23. The van der Waals surface area contributed by atoms with E-state index >= 15 is 0 Å². The standard InChI is InChI=1S/C14H18F3NO3.C12H16BrNO2.C9H10F3NO.C7H8BrN.ClH/c1-13(2,3)21-12(19)18-8-10-5-4-6-11(7-10)20-9-14(15,16)17;1-12(2,3)16-11(15)14-8-9-5-4-6-10(13)7-9;10-9(11,12)6-14-8-3-1-2-7(4-8)5-13;8-7-3-1-2-6(4-7)5-9;/h4-7H,8-9H2,1-3H3,(H,18,19);4-7H,8H2,1-3H3,(H,14,15);1-4H,5-6,13H2;1-4H,5,9H2;1H. The largest absolute Gasteiger partial charge is 0.484 e. The average Bonchev–Trinajstić information content (AvgIpc) is 3.14. The van der Waals surface area contributed by atoms with Crippen LogP contribution >= 0.6 is 44.3 Å². The molecule has 0 radical (unpaired) electrons. The number of carbonyl (C=O) groups excluding carboxylic acids is 2. The van der Waals surface area contributed by atoms with E-state index in [9.17, 15) is 35.9 Å².